The second kappa shape index (κ2) is 6.94. The number of fused-ring (bicyclic) bond motifs is 1. The molecule has 0 bridgehead atoms. The maximum atomic E-state index is 12.7. The Morgan fingerprint density at radius 2 is 2.15 bits per heavy atom. The molecule has 0 saturated heterocycles. The van der Waals surface area contributed by atoms with Gasteiger partial charge in [-0.2, -0.15) is 5.10 Å². The number of rotatable bonds is 4. The summed E-state index contributed by atoms with van der Waals surface area (Å²) in [5, 5.41) is 9.26. The van der Waals surface area contributed by atoms with Crippen molar-refractivity contribution in [3.8, 4) is 0 Å². The molecule has 1 saturated carbocycles. The highest BCUT2D eigenvalue weighted by atomic mass is 127. The average Bonchev–Trinajstić information content (AvgIpc) is 3.05. The molecule has 3 atom stereocenters. The molecule has 0 aliphatic heterocycles. The van der Waals surface area contributed by atoms with Gasteiger partial charge in [-0.1, -0.05) is 52.7 Å². The molecule has 3 aromatic heterocycles. The van der Waals surface area contributed by atoms with Crippen LogP contribution in [0.5, 0.6) is 0 Å². The minimum atomic E-state index is -0.0797. The average molecular weight is 502 g/mol. The van der Waals surface area contributed by atoms with E-state index >= 15 is 0 Å². The van der Waals surface area contributed by atoms with Gasteiger partial charge in [0.05, 0.1) is 10.7 Å². The Balaban J connectivity index is 1.52. The van der Waals surface area contributed by atoms with Crippen LogP contribution in [0.1, 0.15) is 18.4 Å². The minimum absolute atomic E-state index is 0.0391. The summed E-state index contributed by atoms with van der Waals surface area (Å²) >= 11 is 14.3. The van der Waals surface area contributed by atoms with E-state index < -0.39 is 0 Å². The normalized spacial score (nSPS) is 21.8. The minimum Gasteiger partial charge on any atom is -0.310 e. The molecule has 4 rings (SSSR count). The van der Waals surface area contributed by atoms with Crippen LogP contribution in [-0.4, -0.2) is 25.7 Å². The van der Waals surface area contributed by atoms with E-state index in [4.69, 9.17) is 23.2 Å². The molecule has 0 spiro atoms. The topological polar surface area (TPSA) is 72.7 Å². The number of carbonyl (C=O) groups excluding carboxylic acids is 1. The fourth-order valence-electron chi connectivity index (χ4n) is 3.35. The Hall–Kier alpha value is -1.45. The Kier molecular flexibility index (Phi) is 4.79. The molecule has 1 aliphatic rings. The van der Waals surface area contributed by atoms with Gasteiger partial charge in [0.1, 0.15) is 16.1 Å². The van der Waals surface area contributed by atoms with Crippen LogP contribution >= 0.6 is 45.8 Å². The summed E-state index contributed by atoms with van der Waals surface area (Å²) in [6, 6.07) is 3.45. The van der Waals surface area contributed by atoms with Crippen molar-refractivity contribution < 1.29 is 4.79 Å². The smallest absolute Gasteiger partial charge is 0.229 e. The van der Waals surface area contributed by atoms with Gasteiger partial charge in [0.2, 0.25) is 5.91 Å². The van der Waals surface area contributed by atoms with Crippen LogP contribution < -0.4 is 5.32 Å². The predicted octanol–water partition coefficient (Wildman–Crippen LogP) is 4.51. The fourth-order valence-corrected chi connectivity index (χ4v) is 4.22. The third-order valence-electron chi connectivity index (χ3n) is 4.73. The summed E-state index contributed by atoms with van der Waals surface area (Å²) in [5.74, 6) is 0.823. The molecule has 1 amide bonds. The first kappa shape index (κ1) is 17.9. The number of nitrogens with one attached hydrogen (secondary N) is 1. The second-order valence-corrected chi connectivity index (χ2v) is 7.79. The zero-order chi connectivity index (χ0) is 18.4. The lowest BCUT2D eigenvalue weighted by molar-refractivity contribution is -0.117. The molecule has 3 heterocycles. The van der Waals surface area contributed by atoms with Gasteiger partial charge in [0.15, 0.2) is 0 Å². The van der Waals surface area contributed by atoms with E-state index in [2.05, 4.69) is 49.9 Å². The zero-order valence-electron chi connectivity index (χ0n) is 13.7. The Morgan fingerprint density at radius 1 is 1.35 bits per heavy atom. The van der Waals surface area contributed by atoms with Gasteiger partial charge in [0, 0.05) is 29.6 Å². The van der Waals surface area contributed by atoms with E-state index in [-0.39, 0.29) is 23.7 Å². The van der Waals surface area contributed by atoms with Crippen LogP contribution in [0.25, 0.3) is 10.8 Å². The Bertz CT molecular complexity index is 1010. The molecule has 1 N–H and O–H groups in total. The number of halogens is 3. The molecule has 1 fully saturated rings. The first-order valence-electron chi connectivity index (χ1n) is 7.99. The summed E-state index contributed by atoms with van der Waals surface area (Å²) in [6.45, 7) is 2.08. The molecule has 0 aromatic carbocycles. The van der Waals surface area contributed by atoms with E-state index in [1.54, 1.807) is 18.3 Å². The summed E-state index contributed by atoms with van der Waals surface area (Å²) in [6.07, 6.45) is 5.44. The zero-order valence-corrected chi connectivity index (χ0v) is 17.3. The molecule has 3 unspecified atom stereocenters. The van der Waals surface area contributed by atoms with Crippen LogP contribution in [0.15, 0.2) is 30.7 Å². The number of amides is 1. The number of alkyl halides is 1. The molecule has 6 nitrogen and oxygen atoms in total. The first-order chi connectivity index (χ1) is 12.5. The second-order valence-electron chi connectivity index (χ2n) is 6.36. The van der Waals surface area contributed by atoms with Crippen LogP contribution in [0.2, 0.25) is 10.3 Å². The molecule has 0 radical (unpaired) electrons. The number of carbonyl (C=O) groups is 1. The lowest BCUT2D eigenvalue weighted by Crippen LogP contribution is -2.16. The summed E-state index contributed by atoms with van der Waals surface area (Å²) in [7, 11) is 0. The molecule has 9 heteroatoms. The van der Waals surface area contributed by atoms with Gasteiger partial charge in [-0.05, 0) is 29.0 Å². The number of hydrogen-bond donors (Lipinski definition) is 1. The SMILES string of the molecule is CC1C(C(=O)Nc2cc3cc(Cl)nc(Cl)c3cn2)C1c1cnn(CI)c1. The van der Waals surface area contributed by atoms with E-state index in [1.165, 1.54) is 0 Å². The van der Waals surface area contributed by atoms with E-state index in [0.29, 0.717) is 21.5 Å². The van der Waals surface area contributed by atoms with E-state index in [9.17, 15) is 4.79 Å². The molecule has 3 aromatic rings. The summed E-state index contributed by atoms with van der Waals surface area (Å²) in [4.78, 5) is 20.9. The standard InChI is InChI=1S/C17H14Cl2IN5O/c1-8-14(10-4-22-25(6-10)7-20)15(8)17(26)24-13-3-9-2-12(18)23-16(19)11(9)5-21-13/h2-6,8,14-15H,7H2,1H3,(H,21,24,26). The van der Waals surface area contributed by atoms with Crippen LogP contribution in [0.4, 0.5) is 5.82 Å². The maximum Gasteiger partial charge on any atom is 0.229 e. The van der Waals surface area contributed by atoms with Crippen molar-refractivity contribution in [1.29, 1.82) is 0 Å². The molecular weight excluding hydrogens is 488 g/mol. The van der Waals surface area contributed by atoms with Gasteiger partial charge >= 0.3 is 0 Å². The van der Waals surface area contributed by atoms with Crippen molar-refractivity contribution in [2.45, 2.75) is 17.4 Å². The van der Waals surface area contributed by atoms with Crippen molar-refractivity contribution in [1.82, 2.24) is 19.7 Å². The van der Waals surface area contributed by atoms with Crippen LogP contribution in [0, 0.1) is 11.8 Å². The monoisotopic (exact) mass is 501 g/mol. The van der Waals surface area contributed by atoms with Crippen molar-refractivity contribution in [2.75, 3.05) is 5.32 Å². The summed E-state index contributed by atoms with van der Waals surface area (Å²) < 4.78 is 2.65. The van der Waals surface area contributed by atoms with E-state index in [0.717, 1.165) is 15.5 Å². The highest BCUT2D eigenvalue weighted by Gasteiger charge is 2.52. The quantitative estimate of drug-likeness (QED) is 0.324. The predicted molar refractivity (Wildman–Crippen MR) is 110 cm³/mol. The highest BCUT2D eigenvalue weighted by molar-refractivity contribution is 14.1. The van der Waals surface area contributed by atoms with Gasteiger partial charge in [-0.15, -0.1) is 0 Å². The number of pyridine rings is 2. The van der Waals surface area contributed by atoms with Crippen molar-refractivity contribution in [3.05, 3.63) is 46.6 Å². The molecular formula is C17H14Cl2IN5O. The number of aromatic nitrogens is 4. The third-order valence-corrected chi connectivity index (χ3v) is 5.91. The first-order valence-corrected chi connectivity index (χ1v) is 10.3. The lowest BCUT2D eigenvalue weighted by Gasteiger charge is -2.06. The number of anilines is 1. The van der Waals surface area contributed by atoms with Gasteiger partial charge in [-0.25, -0.2) is 9.97 Å². The van der Waals surface area contributed by atoms with Crippen molar-refractivity contribution in [3.63, 3.8) is 0 Å². The van der Waals surface area contributed by atoms with Crippen LogP contribution in [-0.2, 0) is 9.35 Å². The fraction of sp³-hybridized carbons (Fsp3) is 0.294. The van der Waals surface area contributed by atoms with Gasteiger partial charge < -0.3 is 5.32 Å². The third kappa shape index (κ3) is 3.27. The van der Waals surface area contributed by atoms with E-state index in [1.807, 2.05) is 17.1 Å². The molecule has 26 heavy (non-hydrogen) atoms. The highest BCUT2D eigenvalue weighted by Crippen LogP contribution is 2.54. The van der Waals surface area contributed by atoms with Crippen LogP contribution in [0.3, 0.4) is 0 Å². The molecule has 134 valence electrons. The van der Waals surface area contributed by atoms with Crippen molar-refractivity contribution >= 4 is 68.3 Å². The number of hydrogen-bond acceptors (Lipinski definition) is 4. The number of nitrogens with zero attached hydrogens (tertiary/aromatic N) is 4. The van der Waals surface area contributed by atoms with Crippen molar-refractivity contribution in [2.24, 2.45) is 11.8 Å². The van der Waals surface area contributed by atoms with Gasteiger partial charge in [0.25, 0.3) is 0 Å². The Labute approximate surface area is 173 Å². The summed E-state index contributed by atoms with van der Waals surface area (Å²) in [5.41, 5.74) is 1.10. The Morgan fingerprint density at radius 3 is 2.88 bits per heavy atom. The maximum absolute atomic E-state index is 12.7. The lowest BCUT2D eigenvalue weighted by atomic mass is 10.2. The largest absolute Gasteiger partial charge is 0.310 e. The molecule has 1 aliphatic carbocycles. The van der Waals surface area contributed by atoms with Gasteiger partial charge in [-0.3, -0.25) is 9.48 Å².